The van der Waals surface area contributed by atoms with Gasteiger partial charge in [0, 0.05) is 34.4 Å². The molecule has 0 aliphatic carbocycles. The number of nitrogens with one attached hydrogen (secondary N) is 1. The van der Waals surface area contributed by atoms with Crippen LogP contribution in [0.5, 0.6) is 0 Å². The topological polar surface area (TPSA) is 66.4 Å². The highest BCUT2D eigenvalue weighted by Gasteiger charge is 2.14. The van der Waals surface area contributed by atoms with Crippen molar-refractivity contribution in [2.75, 3.05) is 19.4 Å². The molecule has 108 valence electrons. The largest absolute Gasteiger partial charge is 0.384 e. The highest BCUT2D eigenvalue weighted by molar-refractivity contribution is 7.84. The van der Waals surface area contributed by atoms with Gasteiger partial charge in [0.05, 0.1) is 5.56 Å². The van der Waals surface area contributed by atoms with Crippen LogP contribution in [0.25, 0.3) is 0 Å². The van der Waals surface area contributed by atoms with E-state index in [1.54, 1.807) is 13.2 Å². The summed E-state index contributed by atoms with van der Waals surface area (Å²) in [5, 5.41) is 10.9. The minimum absolute atomic E-state index is 0.121. The minimum atomic E-state index is -1.06. The fourth-order valence-electron chi connectivity index (χ4n) is 1.37. The Bertz CT molecular complexity index is 578. The van der Waals surface area contributed by atoms with Gasteiger partial charge in [0.1, 0.15) is 12.4 Å². The molecule has 20 heavy (non-hydrogen) atoms. The molecule has 0 heterocycles. The first-order valence-electron chi connectivity index (χ1n) is 5.95. The van der Waals surface area contributed by atoms with Crippen molar-refractivity contribution in [3.63, 3.8) is 0 Å². The van der Waals surface area contributed by atoms with Gasteiger partial charge in [-0.2, -0.15) is 0 Å². The smallest absolute Gasteiger partial charge is 0.254 e. The summed E-state index contributed by atoms with van der Waals surface area (Å²) in [6.45, 7) is 1.63. The number of amides is 1. The van der Waals surface area contributed by atoms with E-state index in [-0.39, 0.29) is 24.0 Å². The van der Waals surface area contributed by atoms with E-state index in [9.17, 15) is 13.4 Å². The average molecular weight is 297 g/mol. The summed E-state index contributed by atoms with van der Waals surface area (Å²) in [6, 6.07) is 3.90. The van der Waals surface area contributed by atoms with Crippen LogP contribution in [0.2, 0.25) is 0 Å². The lowest BCUT2D eigenvalue weighted by atomic mass is 10.1. The van der Waals surface area contributed by atoms with E-state index in [4.69, 9.17) is 5.11 Å². The number of aliphatic hydroxyl groups excluding tert-OH is 1. The maximum absolute atomic E-state index is 13.6. The molecule has 0 saturated heterocycles. The second kappa shape index (κ2) is 7.78. The predicted molar refractivity (Wildman–Crippen MR) is 76.2 cm³/mol. The van der Waals surface area contributed by atoms with Gasteiger partial charge in [-0.25, -0.2) is 4.39 Å². The second-order valence-corrected chi connectivity index (χ2v) is 5.98. The third-order valence-electron chi connectivity index (χ3n) is 2.64. The second-order valence-electron chi connectivity index (χ2n) is 4.17. The van der Waals surface area contributed by atoms with Crippen LogP contribution < -0.4 is 5.32 Å². The lowest BCUT2D eigenvalue weighted by Crippen LogP contribution is -2.33. The van der Waals surface area contributed by atoms with Crippen LogP contribution in [0.1, 0.15) is 22.8 Å². The number of halogens is 1. The van der Waals surface area contributed by atoms with Gasteiger partial charge in [-0.1, -0.05) is 11.8 Å². The van der Waals surface area contributed by atoms with Crippen molar-refractivity contribution >= 4 is 16.7 Å². The number of rotatable bonds is 4. The van der Waals surface area contributed by atoms with E-state index >= 15 is 0 Å². The molecule has 1 aromatic rings. The number of carbonyl (C=O) groups is 1. The molecule has 0 aromatic heterocycles. The quantitative estimate of drug-likeness (QED) is 0.803. The Hall–Kier alpha value is -1.71. The van der Waals surface area contributed by atoms with Crippen LogP contribution >= 0.6 is 0 Å². The molecule has 2 atom stereocenters. The maximum atomic E-state index is 13.6. The van der Waals surface area contributed by atoms with Crippen molar-refractivity contribution in [2.24, 2.45) is 0 Å². The maximum Gasteiger partial charge on any atom is 0.254 e. The van der Waals surface area contributed by atoms with Crippen molar-refractivity contribution in [1.82, 2.24) is 5.32 Å². The van der Waals surface area contributed by atoms with Crippen LogP contribution in [0.4, 0.5) is 4.39 Å². The van der Waals surface area contributed by atoms with Gasteiger partial charge in [-0.05, 0) is 25.1 Å². The van der Waals surface area contributed by atoms with Gasteiger partial charge in [0.15, 0.2) is 0 Å². The van der Waals surface area contributed by atoms with Gasteiger partial charge in [-0.3, -0.25) is 9.00 Å². The Morgan fingerprint density at radius 1 is 1.55 bits per heavy atom. The van der Waals surface area contributed by atoms with Gasteiger partial charge < -0.3 is 10.4 Å². The molecular weight excluding hydrogens is 281 g/mol. The Morgan fingerprint density at radius 3 is 2.85 bits per heavy atom. The number of hydrogen-bond acceptors (Lipinski definition) is 3. The number of hydrogen-bond donors (Lipinski definition) is 2. The van der Waals surface area contributed by atoms with Crippen LogP contribution in [0.3, 0.4) is 0 Å². The monoisotopic (exact) mass is 297 g/mol. The third-order valence-corrected chi connectivity index (χ3v) is 3.94. The van der Waals surface area contributed by atoms with Gasteiger partial charge in [0.2, 0.25) is 0 Å². The highest BCUT2D eigenvalue weighted by Crippen LogP contribution is 2.10. The Labute approximate surface area is 119 Å². The molecular formula is C14H16FNO3S. The molecule has 0 fully saturated rings. The van der Waals surface area contributed by atoms with E-state index in [1.165, 1.54) is 12.1 Å². The van der Waals surface area contributed by atoms with E-state index in [0.29, 0.717) is 5.56 Å². The van der Waals surface area contributed by atoms with Crippen molar-refractivity contribution in [1.29, 1.82) is 0 Å². The van der Waals surface area contributed by atoms with Gasteiger partial charge >= 0.3 is 0 Å². The standard InChI is InChI=1S/C14H16FNO3S/c1-10(20(2)19)9-16-14(18)12-8-11(4-3-7-17)5-6-13(12)15/h5-6,8,10,17H,7,9H2,1-2H3,(H,16,18). The van der Waals surface area contributed by atoms with Crippen molar-refractivity contribution < 1.29 is 18.5 Å². The normalized spacial score (nSPS) is 13.0. The molecule has 0 bridgehead atoms. The summed E-state index contributed by atoms with van der Waals surface area (Å²) in [6.07, 6.45) is 1.54. The zero-order valence-electron chi connectivity index (χ0n) is 11.3. The molecule has 2 N–H and O–H groups in total. The van der Waals surface area contributed by atoms with Crippen molar-refractivity contribution in [3.8, 4) is 11.8 Å². The van der Waals surface area contributed by atoms with E-state index in [1.807, 2.05) is 0 Å². The molecule has 0 aliphatic heterocycles. The van der Waals surface area contributed by atoms with Crippen LogP contribution in [-0.2, 0) is 10.8 Å². The molecule has 1 rings (SSSR count). The molecule has 0 radical (unpaired) electrons. The molecule has 1 amide bonds. The molecule has 0 saturated carbocycles. The van der Waals surface area contributed by atoms with Crippen LogP contribution in [0.15, 0.2) is 18.2 Å². The fraction of sp³-hybridized carbons (Fsp3) is 0.357. The van der Waals surface area contributed by atoms with Crippen LogP contribution in [-0.4, -0.2) is 39.9 Å². The SMILES string of the molecule is CC(CNC(=O)c1cc(C#CCO)ccc1F)S(C)=O. The Morgan fingerprint density at radius 2 is 2.25 bits per heavy atom. The molecule has 6 heteroatoms. The summed E-state index contributed by atoms with van der Waals surface area (Å²) in [5.41, 5.74) is 0.321. The van der Waals surface area contributed by atoms with Crippen molar-refractivity contribution in [2.45, 2.75) is 12.2 Å². The average Bonchev–Trinajstić information content (AvgIpc) is 2.43. The zero-order valence-corrected chi connectivity index (χ0v) is 12.1. The Balaban J connectivity index is 2.84. The van der Waals surface area contributed by atoms with Gasteiger partial charge in [0.25, 0.3) is 5.91 Å². The summed E-state index contributed by atoms with van der Waals surface area (Å²) >= 11 is 0. The van der Waals surface area contributed by atoms with E-state index in [2.05, 4.69) is 17.2 Å². The van der Waals surface area contributed by atoms with Crippen molar-refractivity contribution in [3.05, 3.63) is 35.1 Å². The summed E-state index contributed by atoms with van der Waals surface area (Å²) in [4.78, 5) is 11.9. The van der Waals surface area contributed by atoms with Gasteiger partial charge in [-0.15, -0.1) is 0 Å². The zero-order chi connectivity index (χ0) is 15.1. The molecule has 0 spiro atoms. The highest BCUT2D eigenvalue weighted by atomic mass is 32.2. The van der Waals surface area contributed by atoms with E-state index < -0.39 is 22.5 Å². The fourth-order valence-corrected chi connectivity index (χ4v) is 1.69. The van der Waals surface area contributed by atoms with Crippen LogP contribution in [0, 0.1) is 17.7 Å². The first-order valence-corrected chi connectivity index (χ1v) is 7.57. The first-order chi connectivity index (χ1) is 9.45. The molecule has 2 unspecified atom stereocenters. The Kier molecular flexibility index (Phi) is 6.36. The summed E-state index contributed by atoms with van der Waals surface area (Å²) in [5.74, 6) is 3.80. The third kappa shape index (κ3) is 4.76. The summed E-state index contributed by atoms with van der Waals surface area (Å²) in [7, 11) is -1.06. The lowest BCUT2D eigenvalue weighted by molar-refractivity contribution is 0.0950. The molecule has 1 aromatic carbocycles. The minimum Gasteiger partial charge on any atom is -0.384 e. The number of aliphatic hydroxyl groups is 1. The summed E-state index contributed by atoms with van der Waals surface area (Å²) < 4.78 is 24.8. The first kappa shape index (κ1) is 16.3. The van der Waals surface area contributed by atoms with E-state index in [0.717, 1.165) is 6.07 Å². The lowest BCUT2D eigenvalue weighted by Gasteiger charge is -2.10. The predicted octanol–water partition coefficient (Wildman–Crippen LogP) is 0.666. The molecule has 4 nitrogen and oxygen atoms in total. The number of benzene rings is 1. The number of carbonyl (C=O) groups excluding carboxylic acids is 1. The molecule has 0 aliphatic rings.